The summed E-state index contributed by atoms with van der Waals surface area (Å²) in [5, 5.41) is 9.09. The average molecular weight is 420 g/mol. The molecule has 0 radical (unpaired) electrons. The average Bonchev–Trinajstić information content (AvgIpc) is 2.89. The van der Waals surface area contributed by atoms with Gasteiger partial charge in [-0.25, -0.2) is 4.79 Å². The highest BCUT2D eigenvalue weighted by molar-refractivity contribution is 14.1. The number of carbonyl (C=O) groups is 1. The third-order valence-corrected chi connectivity index (χ3v) is 6.10. The van der Waals surface area contributed by atoms with Crippen molar-refractivity contribution in [2.75, 3.05) is 18.1 Å². The van der Waals surface area contributed by atoms with Crippen LogP contribution in [0.4, 0.5) is 0 Å². The molecule has 2 unspecified atom stereocenters. The van der Waals surface area contributed by atoms with Crippen LogP contribution in [0.1, 0.15) is 29.6 Å². The van der Waals surface area contributed by atoms with Crippen LogP contribution in [0.25, 0.3) is 0 Å². The minimum Gasteiger partial charge on any atom is -0.489 e. The fourth-order valence-electron chi connectivity index (χ4n) is 2.85. The minimum absolute atomic E-state index is 0.0244. The van der Waals surface area contributed by atoms with E-state index in [-0.39, 0.29) is 17.3 Å². The van der Waals surface area contributed by atoms with E-state index in [1.807, 2.05) is 11.8 Å². The Hall–Kier alpha value is -0.470. The van der Waals surface area contributed by atoms with E-state index < -0.39 is 5.97 Å². The van der Waals surface area contributed by atoms with E-state index in [1.54, 1.807) is 18.2 Å². The Morgan fingerprint density at radius 1 is 1.52 bits per heavy atom. The summed E-state index contributed by atoms with van der Waals surface area (Å²) in [5.41, 5.74) is 0.243. The molecule has 2 saturated heterocycles. The van der Waals surface area contributed by atoms with Crippen LogP contribution in [0, 0.1) is 3.57 Å². The molecule has 2 aliphatic rings. The molecule has 0 bridgehead atoms. The third kappa shape index (κ3) is 3.48. The number of aromatic carboxylic acids is 1. The van der Waals surface area contributed by atoms with Crippen molar-refractivity contribution < 1.29 is 19.4 Å². The molecule has 1 aromatic carbocycles. The zero-order valence-corrected chi connectivity index (χ0v) is 14.5. The Balaban J connectivity index is 1.74. The summed E-state index contributed by atoms with van der Waals surface area (Å²) in [7, 11) is 0. The Morgan fingerprint density at radius 3 is 3.10 bits per heavy atom. The van der Waals surface area contributed by atoms with Gasteiger partial charge in [-0.3, -0.25) is 0 Å². The van der Waals surface area contributed by atoms with Gasteiger partial charge < -0.3 is 14.6 Å². The lowest BCUT2D eigenvalue weighted by molar-refractivity contribution is -0.0960. The number of benzene rings is 1. The van der Waals surface area contributed by atoms with Gasteiger partial charge in [-0.05, 0) is 53.0 Å². The lowest BCUT2D eigenvalue weighted by Crippen LogP contribution is -2.43. The van der Waals surface area contributed by atoms with E-state index in [4.69, 9.17) is 14.6 Å². The number of hydrogen-bond acceptors (Lipinski definition) is 4. The van der Waals surface area contributed by atoms with Gasteiger partial charge in [0.2, 0.25) is 0 Å². The maximum absolute atomic E-state index is 11.1. The van der Waals surface area contributed by atoms with E-state index in [1.165, 1.54) is 0 Å². The van der Waals surface area contributed by atoms with Crippen LogP contribution in [-0.2, 0) is 4.74 Å². The van der Waals surface area contributed by atoms with E-state index in [9.17, 15) is 4.79 Å². The molecule has 2 heterocycles. The van der Waals surface area contributed by atoms with Gasteiger partial charge in [-0.1, -0.05) is 0 Å². The van der Waals surface area contributed by atoms with Gasteiger partial charge in [0, 0.05) is 18.6 Å². The molecule has 2 aliphatic heterocycles. The molecule has 0 saturated carbocycles. The zero-order chi connectivity index (χ0) is 14.9. The lowest BCUT2D eigenvalue weighted by Gasteiger charge is -2.37. The number of carboxylic acid groups (broad SMARTS) is 1. The number of carboxylic acids is 1. The second kappa shape index (κ2) is 6.34. The van der Waals surface area contributed by atoms with Crippen LogP contribution in [-0.4, -0.2) is 40.9 Å². The largest absolute Gasteiger partial charge is 0.489 e. The molecule has 21 heavy (non-hydrogen) atoms. The van der Waals surface area contributed by atoms with Gasteiger partial charge >= 0.3 is 5.97 Å². The van der Waals surface area contributed by atoms with Crippen molar-refractivity contribution >= 4 is 40.3 Å². The van der Waals surface area contributed by atoms with Crippen molar-refractivity contribution in [2.24, 2.45) is 0 Å². The maximum Gasteiger partial charge on any atom is 0.335 e. The van der Waals surface area contributed by atoms with Gasteiger partial charge in [-0.2, -0.15) is 11.8 Å². The zero-order valence-electron chi connectivity index (χ0n) is 11.5. The van der Waals surface area contributed by atoms with E-state index >= 15 is 0 Å². The van der Waals surface area contributed by atoms with Crippen molar-refractivity contribution in [3.05, 3.63) is 27.3 Å². The summed E-state index contributed by atoms with van der Waals surface area (Å²) in [4.78, 5) is 11.1. The van der Waals surface area contributed by atoms with Crippen molar-refractivity contribution in [3.63, 3.8) is 0 Å². The summed E-state index contributed by atoms with van der Waals surface area (Å²) < 4.78 is 13.0. The van der Waals surface area contributed by atoms with Crippen molar-refractivity contribution in [1.82, 2.24) is 0 Å². The fraction of sp³-hybridized carbons (Fsp3) is 0.533. The Kier molecular flexibility index (Phi) is 4.66. The molecule has 1 N–H and O–H groups in total. The van der Waals surface area contributed by atoms with Crippen molar-refractivity contribution in [2.45, 2.75) is 31.0 Å². The van der Waals surface area contributed by atoms with Gasteiger partial charge in [0.15, 0.2) is 0 Å². The number of halogens is 1. The molecule has 1 spiro atoms. The Bertz CT molecular complexity index is 542. The Labute approximate surface area is 141 Å². The number of thioether (sulfide) groups is 1. The predicted molar refractivity (Wildman–Crippen MR) is 90.4 cm³/mol. The standard InChI is InChI=1S/C15H17IO4S/c16-12-2-1-10(14(17)18)7-13(12)20-11-3-5-19-15(8-11)4-6-21-9-15/h1-2,7,11H,3-6,8-9H2,(H,17,18). The van der Waals surface area contributed by atoms with Crippen LogP contribution < -0.4 is 4.74 Å². The summed E-state index contributed by atoms with van der Waals surface area (Å²) in [6.45, 7) is 0.723. The molecule has 3 rings (SSSR count). The highest BCUT2D eigenvalue weighted by Gasteiger charge is 2.41. The van der Waals surface area contributed by atoms with Crippen LogP contribution in [0.3, 0.4) is 0 Å². The van der Waals surface area contributed by atoms with E-state index in [2.05, 4.69) is 22.6 Å². The van der Waals surface area contributed by atoms with Crippen molar-refractivity contribution in [3.8, 4) is 5.75 Å². The first-order valence-corrected chi connectivity index (χ1v) is 9.23. The fourth-order valence-corrected chi connectivity index (χ4v) is 4.69. The quantitative estimate of drug-likeness (QED) is 0.760. The van der Waals surface area contributed by atoms with Crippen LogP contribution in [0.5, 0.6) is 5.75 Å². The smallest absolute Gasteiger partial charge is 0.335 e. The SMILES string of the molecule is O=C(O)c1ccc(I)c(OC2CCOC3(CCSC3)C2)c1. The molecular formula is C15H17IO4S. The van der Waals surface area contributed by atoms with Gasteiger partial charge in [0.25, 0.3) is 0 Å². The summed E-state index contributed by atoms with van der Waals surface area (Å²) >= 11 is 4.12. The normalized spacial score (nSPS) is 28.7. The van der Waals surface area contributed by atoms with Crippen LogP contribution in [0.15, 0.2) is 18.2 Å². The highest BCUT2D eigenvalue weighted by Crippen LogP contribution is 2.39. The monoisotopic (exact) mass is 420 g/mol. The Morgan fingerprint density at radius 2 is 2.38 bits per heavy atom. The molecule has 0 aliphatic carbocycles. The summed E-state index contributed by atoms with van der Waals surface area (Å²) in [6.07, 6.45) is 2.95. The first-order chi connectivity index (χ1) is 10.1. The summed E-state index contributed by atoms with van der Waals surface area (Å²) in [6, 6.07) is 5.02. The number of hydrogen-bond donors (Lipinski definition) is 1. The molecule has 4 nitrogen and oxygen atoms in total. The topological polar surface area (TPSA) is 55.8 Å². The van der Waals surface area contributed by atoms with Crippen molar-refractivity contribution in [1.29, 1.82) is 0 Å². The third-order valence-electron chi connectivity index (χ3n) is 3.99. The molecule has 0 amide bonds. The first-order valence-electron chi connectivity index (χ1n) is 6.99. The highest BCUT2D eigenvalue weighted by atomic mass is 127. The van der Waals surface area contributed by atoms with E-state index in [0.29, 0.717) is 5.75 Å². The minimum atomic E-state index is -0.924. The molecule has 1 aromatic rings. The van der Waals surface area contributed by atoms with Gasteiger partial charge in [0.05, 0.1) is 21.3 Å². The van der Waals surface area contributed by atoms with Gasteiger partial charge in [0.1, 0.15) is 11.9 Å². The molecule has 2 atom stereocenters. The maximum atomic E-state index is 11.1. The number of ether oxygens (including phenoxy) is 2. The molecule has 114 valence electrons. The lowest BCUT2D eigenvalue weighted by atomic mass is 9.91. The second-order valence-electron chi connectivity index (χ2n) is 5.52. The van der Waals surface area contributed by atoms with Gasteiger partial charge in [-0.15, -0.1) is 0 Å². The summed E-state index contributed by atoms with van der Waals surface area (Å²) in [5.74, 6) is 1.94. The second-order valence-corrected chi connectivity index (χ2v) is 7.78. The predicted octanol–water partition coefficient (Wildman–Crippen LogP) is 3.42. The molecular weight excluding hydrogens is 403 g/mol. The van der Waals surface area contributed by atoms with E-state index in [0.717, 1.165) is 40.9 Å². The van der Waals surface area contributed by atoms with Crippen LogP contribution >= 0.6 is 34.4 Å². The van der Waals surface area contributed by atoms with Crippen LogP contribution in [0.2, 0.25) is 0 Å². The molecule has 0 aromatic heterocycles. The molecule has 2 fully saturated rings. The molecule has 6 heteroatoms. The number of rotatable bonds is 3. The first kappa shape index (κ1) is 15.4.